The van der Waals surface area contributed by atoms with Gasteiger partial charge in [-0.15, -0.1) is 0 Å². The zero-order valence-corrected chi connectivity index (χ0v) is 9.78. The molecule has 1 aromatic carbocycles. The maximum atomic E-state index is 11.0. The van der Waals surface area contributed by atoms with Crippen LogP contribution in [0, 0.1) is 0 Å². The van der Waals surface area contributed by atoms with Crippen molar-refractivity contribution in [3.8, 4) is 0 Å². The molecule has 0 aromatic heterocycles. The Bertz CT molecular complexity index is 387. The summed E-state index contributed by atoms with van der Waals surface area (Å²) in [6.07, 6.45) is 2.21. The molecule has 1 aliphatic rings. The average molecular weight is 234 g/mol. The monoisotopic (exact) mass is 234 g/mol. The first-order chi connectivity index (χ1) is 8.27. The van der Waals surface area contributed by atoms with Gasteiger partial charge < -0.3 is 15.7 Å². The number of carboxylic acid groups (broad SMARTS) is 1. The van der Waals surface area contributed by atoms with E-state index in [2.05, 4.69) is 10.6 Å². The van der Waals surface area contributed by atoms with Crippen LogP contribution in [0.25, 0.3) is 0 Å². The molecule has 0 aliphatic carbocycles. The third-order valence-electron chi connectivity index (χ3n) is 3.17. The topological polar surface area (TPSA) is 61.4 Å². The standard InChI is InChI=1S/C13H18N2O2/c16-13(17)12-4-2-1-3-10(12)9-15-11-5-7-14-8-6-11/h1-4,11,14-15H,5-9H2,(H,16,17). The van der Waals surface area contributed by atoms with Crippen LogP contribution >= 0.6 is 0 Å². The lowest BCUT2D eigenvalue weighted by atomic mass is 10.0. The van der Waals surface area contributed by atoms with Gasteiger partial charge in [-0.2, -0.15) is 0 Å². The van der Waals surface area contributed by atoms with Crippen LogP contribution in [0.15, 0.2) is 24.3 Å². The van der Waals surface area contributed by atoms with E-state index in [1.807, 2.05) is 12.1 Å². The number of hydrogen-bond donors (Lipinski definition) is 3. The summed E-state index contributed by atoms with van der Waals surface area (Å²) in [7, 11) is 0. The minimum Gasteiger partial charge on any atom is -0.478 e. The van der Waals surface area contributed by atoms with Gasteiger partial charge in [0.05, 0.1) is 5.56 Å². The Morgan fingerprint density at radius 3 is 2.76 bits per heavy atom. The first-order valence-electron chi connectivity index (χ1n) is 6.02. The molecule has 4 heteroatoms. The molecular weight excluding hydrogens is 216 g/mol. The highest BCUT2D eigenvalue weighted by molar-refractivity contribution is 5.89. The lowest BCUT2D eigenvalue weighted by Crippen LogP contribution is -2.39. The van der Waals surface area contributed by atoms with Crippen LogP contribution in [-0.2, 0) is 6.54 Å². The Kier molecular flexibility index (Phi) is 4.12. The third kappa shape index (κ3) is 3.28. The zero-order chi connectivity index (χ0) is 12.1. The molecular formula is C13H18N2O2. The van der Waals surface area contributed by atoms with Crippen LogP contribution in [0.5, 0.6) is 0 Å². The Morgan fingerprint density at radius 2 is 2.06 bits per heavy atom. The summed E-state index contributed by atoms with van der Waals surface area (Å²) in [6, 6.07) is 7.67. The summed E-state index contributed by atoms with van der Waals surface area (Å²) in [5.41, 5.74) is 1.26. The molecule has 1 aliphatic heterocycles. The fraction of sp³-hybridized carbons (Fsp3) is 0.462. The van der Waals surface area contributed by atoms with E-state index in [-0.39, 0.29) is 0 Å². The number of carbonyl (C=O) groups is 1. The normalized spacial score (nSPS) is 16.9. The van der Waals surface area contributed by atoms with Crippen molar-refractivity contribution in [3.05, 3.63) is 35.4 Å². The molecule has 3 N–H and O–H groups in total. The number of hydrogen-bond acceptors (Lipinski definition) is 3. The summed E-state index contributed by atoms with van der Waals surface area (Å²) in [4.78, 5) is 11.0. The molecule has 1 fully saturated rings. The fourth-order valence-electron chi connectivity index (χ4n) is 2.16. The second-order valence-corrected chi connectivity index (χ2v) is 4.37. The summed E-state index contributed by atoms with van der Waals surface area (Å²) >= 11 is 0. The van der Waals surface area contributed by atoms with Crippen molar-refractivity contribution >= 4 is 5.97 Å². The molecule has 0 saturated carbocycles. The molecule has 0 radical (unpaired) electrons. The summed E-state index contributed by atoms with van der Waals surface area (Å²) in [5.74, 6) is -0.854. The van der Waals surface area contributed by atoms with Crippen LogP contribution in [0.4, 0.5) is 0 Å². The van der Waals surface area contributed by atoms with Crippen molar-refractivity contribution in [2.45, 2.75) is 25.4 Å². The van der Waals surface area contributed by atoms with Gasteiger partial charge in [0.1, 0.15) is 0 Å². The molecule has 0 unspecified atom stereocenters. The van der Waals surface area contributed by atoms with E-state index in [4.69, 9.17) is 5.11 Å². The molecule has 0 atom stereocenters. The zero-order valence-electron chi connectivity index (χ0n) is 9.78. The van der Waals surface area contributed by atoms with E-state index in [0.717, 1.165) is 31.5 Å². The van der Waals surface area contributed by atoms with E-state index in [1.165, 1.54) is 0 Å². The number of benzene rings is 1. The van der Waals surface area contributed by atoms with Gasteiger partial charge in [-0.3, -0.25) is 0 Å². The molecule has 2 rings (SSSR count). The minimum absolute atomic E-state index is 0.397. The Hall–Kier alpha value is -1.39. The maximum absolute atomic E-state index is 11.0. The smallest absolute Gasteiger partial charge is 0.336 e. The second kappa shape index (κ2) is 5.80. The number of piperidine rings is 1. The van der Waals surface area contributed by atoms with Crippen molar-refractivity contribution in [3.63, 3.8) is 0 Å². The van der Waals surface area contributed by atoms with E-state index < -0.39 is 5.97 Å². The van der Waals surface area contributed by atoms with Crippen molar-refractivity contribution in [1.82, 2.24) is 10.6 Å². The number of aromatic carboxylic acids is 1. The lowest BCUT2D eigenvalue weighted by Gasteiger charge is -2.24. The van der Waals surface area contributed by atoms with Gasteiger partial charge in [0.25, 0.3) is 0 Å². The highest BCUT2D eigenvalue weighted by Crippen LogP contribution is 2.10. The van der Waals surface area contributed by atoms with Gasteiger partial charge >= 0.3 is 5.97 Å². The Morgan fingerprint density at radius 1 is 1.35 bits per heavy atom. The van der Waals surface area contributed by atoms with Crippen molar-refractivity contribution in [2.75, 3.05) is 13.1 Å². The second-order valence-electron chi connectivity index (χ2n) is 4.37. The minimum atomic E-state index is -0.854. The van der Waals surface area contributed by atoms with Crippen LogP contribution < -0.4 is 10.6 Å². The molecule has 92 valence electrons. The van der Waals surface area contributed by atoms with Crippen molar-refractivity contribution in [2.24, 2.45) is 0 Å². The first kappa shape index (κ1) is 12.1. The molecule has 1 heterocycles. The molecule has 1 aromatic rings. The van der Waals surface area contributed by atoms with Gasteiger partial charge in [0.15, 0.2) is 0 Å². The van der Waals surface area contributed by atoms with Crippen LogP contribution in [-0.4, -0.2) is 30.2 Å². The molecule has 1 saturated heterocycles. The van der Waals surface area contributed by atoms with Gasteiger partial charge in [-0.1, -0.05) is 18.2 Å². The van der Waals surface area contributed by atoms with Gasteiger partial charge in [-0.25, -0.2) is 4.79 Å². The third-order valence-corrected chi connectivity index (χ3v) is 3.17. The van der Waals surface area contributed by atoms with E-state index in [1.54, 1.807) is 12.1 Å². The number of carboxylic acids is 1. The first-order valence-corrected chi connectivity index (χ1v) is 6.02. The largest absolute Gasteiger partial charge is 0.478 e. The van der Waals surface area contributed by atoms with Gasteiger partial charge in [0.2, 0.25) is 0 Å². The quantitative estimate of drug-likeness (QED) is 0.733. The van der Waals surface area contributed by atoms with Crippen molar-refractivity contribution < 1.29 is 9.90 Å². The predicted molar refractivity (Wildman–Crippen MR) is 66.1 cm³/mol. The lowest BCUT2D eigenvalue weighted by molar-refractivity contribution is 0.0695. The fourth-order valence-corrected chi connectivity index (χ4v) is 2.16. The maximum Gasteiger partial charge on any atom is 0.336 e. The number of nitrogens with one attached hydrogen (secondary N) is 2. The summed E-state index contributed by atoms with van der Waals surface area (Å²) < 4.78 is 0. The van der Waals surface area contributed by atoms with Crippen LogP contribution in [0.3, 0.4) is 0 Å². The highest BCUT2D eigenvalue weighted by atomic mass is 16.4. The van der Waals surface area contributed by atoms with Gasteiger partial charge in [-0.05, 0) is 37.6 Å². The van der Waals surface area contributed by atoms with E-state index >= 15 is 0 Å². The Balaban J connectivity index is 1.96. The molecule has 4 nitrogen and oxygen atoms in total. The SMILES string of the molecule is O=C(O)c1ccccc1CNC1CCNCC1. The molecule has 0 spiro atoms. The predicted octanol–water partition coefficient (Wildman–Crippen LogP) is 1.23. The van der Waals surface area contributed by atoms with Gasteiger partial charge in [0, 0.05) is 12.6 Å². The van der Waals surface area contributed by atoms with Crippen LogP contribution in [0.1, 0.15) is 28.8 Å². The number of rotatable bonds is 4. The highest BCUT2D eigenvalue weighted by Gasteiger charge is 2.14. The Labute approximate surface area is 101 Å². The van der Waals surface area contributed by atoms with Crippen molar-refractivity contribution in [1.29, 1.82) is 0 Å². The van der Waals surface area contributed by atoms with Crippen LogP contribution in [0.2, 0.25) is 0 Å². The summed E-state index contributed by atoms with van der Waals surface area (Å²) in [6.45, 7) is 2.71. The summed E-state index contributed by atoms with van der Waals surface area (Å²) in [5, 5.41) is 15.8. The molecule has 0 bridgehead atoms. The van der Waals surface area contributed by atoms with E-state index in [9.17, 15) is 4.79 Å². The average Bonchev–Trinajstić information content (AvgIpc) is 2.38. The molecule has 17 heavy (non-hydrogen) atoms. The molecule has 0 amide bonds. The van der Waals surface area contributed by atoms with E-state index in [0.29, 0.717) is 18.2 Å².